The van der Waals surface area contributed by atoms with E-state index in [1.54, 1.807) is 0 Å². The SMILES string of the molecule is CC(CC(=O)N1C2CCC1CC(O)C2)c1ccc(N)cc1. The predicted octanol–water partition coefficient (Wildman–Crippen LogP) is 2.28. The Labute approximate surface area is 125 Å². The molecule has 1 amide bonds. The molecule has 3 unspecified atom stereocenters. The second-order valence-electron chi connectivity index (χ2n) is 6.58. The van der Waals surface area contributed by atoms with Crippen LogP contribution >= 0.6 is 0 Å². The predicted molar refractivity (Wildman–Crippen MR) is 82.8 cm³/mol. The highest BCUT2D eigenvalue weighted by molar-refractivity contribution is 5.78. The van der Waals surface area contributed by atoms with Crippen molar-refractivity contribution in [2.45, 2.75) is 63.1 Å². The highest BCUT2D eigenvalue weighted by atomic mass is 16.3. The number of carbonyl (C=O) groups excluding carboxylic acids is 1. The lowest BCUT2D eigenvalue weighted by molar-refractivity contribution is -0.137. The lowest BCUT2D eigenvalue weighted by Crippen LogP contribution is -2.48. The monoisotopic (exact) mass is 288 g/mol. The van der Waals surface area contributed by atoms with Crippen molar-refractivity contribution in [3.63, 3.8) is 0 Å². The fourth-order valence-corrected chi connectivity index (χ4v) is 3.87. The number of carbonyl (C=O) groups is 1. The first kappa shape index (κ1) is 14.4. The summed E-state index contributed by atoms with van der Waals surface area (Å²) in [7, 11) is 0. The first-order valence-corrected chi connectivity index (χ1v) is 7.89. The van der Waals surface area contributed by atoms with E-state index in [9.17, 15) is 9.90 Å². The summed E-state index contributed by atoms with van der Waals surface area (Å²) < 4.78 is 0. The molecule has 2 saturated heterocycles. The molecule has 2 aliphatic rings. The second-order valence-corrected chi connectivity index (χ2v) is 6.58. The summed E-state index contributed by atoms with van der Waals surface area (Å²) in [4.78, 5) is 14.7. The minimum absolute atomic E-state index is 0.198. The Kier molecular flexibility index (Phi) is 3.89. The Morgan fingerprint density at radius 1 is 1.29 bits per heavy atom. The molecule has 2 bridgehead atoms. The van der Waals surface area contributed by atoms with Crippen LogP contribution in [0.3, 0.4) is 0 Å². The quantitative estimate of drug-likeness (QED) is 0.839. The molecule has 21 heavy (non-hydrogen) atoms. The molecular formula is C17H24N2O2. The number of nitrogens with two attached hydrogens (primary N) is 1. The molecule has 1 aromatic rings. The summed E-state index contributed by atoms with van der Waals surface area (Å²) in [6, 6.07) is 8.29. The molecule has 0 spiro atoms. The zero-order valence-corrected chi connectivity index (χ0v) is 12.5. The van der Waals surface area contributed by atoms with Crippen molar-refractivity contribution < 1.29 is 9.90 Å². The first-order valence-electron chi connectivity index (χ1n) is 7.89. The summed E-state index contributed by atoms with van der Waals surface area (Å²) in [6.07, 6.45) is 3.90. The Morgan fingerprint density at radius 2 is 1.86 bits per heavy atom. The van der Waals surface area contributed by atoms with Gasteiger partial charge in [0.1, 0.15) is 0 Å². The Bertz CT molecular complexity index is 500. The van der Waals surface area contributed by atoms with Crippen molar-refractivity contribution in [3.05, 3.63) is 29.8 Å². The number of nitrogen functional groups attached to an aromatic ring is 1. The van der Waals surface area contributed by atoms with Crippen molar-refractivity contribution in [1.82, 2.24) is 4.90 Å². The van der Waals surface area contributed by atoms with Crippen LogP contribution in [-0.2, 0) is 4.79 Å². The van der Waals surface area contributed by atoms with Gasteiger partial charge in [0, 0.05) is 24.2 Å². The molecule has 3 rings (SSSR count). The largest absolute Gasteiger partial charge is 0.399 e. The summed E-state index contributed by atoms with van der Waals surface area (Å²) in [6.45, 7) is 2.09. The maximum atomic E-state index is 12.6. The van der Waals surface area contributed by atoms with E-state index in [1.165, 1.54) is 0 Å². The van der Waals surface area contributed by atoms with Gasteiger partial charge in [0.15, 0.2) is 0 Å². The van der Waals surface area contributed by atoms with Crippen LogP contribution in [0.5, 0.6) is 0 Å². The lowest BCUT2D eigenvalue weighted by Gasteiger charge is -2.37. The average molecular weight is 288 g/mol. The summed E-state index contributed by atoms with van der Waals surface area (Å²) in [5.74, 6) is 0.433. The van der Waals surface area contributed by atoms with Gasteiger partial charge in [0.2, 0.25) is 5.91 Å². The molecule has 114 valence electrons. The van der Waals surface area contributed by atoms with Gasteiger partial charge in [-0.2, -0.15) is 0 Å². The minimum Gasteiger partial charge on any atom is -0.399 e. The minimum atomic E-state index is -0.221. The third kappa shape index (κ3) is 2.91. The number of benzene rings is 1. The molecule has 3 atom stereocenters. The van der Waals surface area contributed by atoms with Crippen molar-refractivity contribution in [3.8, 4) is 0 Å². The first-order chi connectivity index (χ1) is 10.0. The third-order valence-corrected chi connectivity index (χ3v) is 4.98. The second kappa shape index (κ2) is 5.68. The molecule has 0 radical (unpaired) electrons. The van der Waals surface area contributed by atoms with E-state index < -0.39 is 0 Å². The Balaban J connectivity index is 1.65. The van der Waals surface area contributed by atoms with Crippen molar-refractivity contribution in [2.75, 3.05) is 5.73 Å². The fraction of sp³-hybridized carbons (Fsp3) is 0.588. The van der Waals surface area contributed by atoms with E-state index in [1.807, 2.05) is 24.3 Å². The maximum Gasteiger partial charge on any atom is 0.223 e. The molecule has 3 N–H and O–H groups in total. The van der Waals surface area contributed by atoms with Crippen molar-refractivity contribution in [1.29, 1.82) is 0 Å². The van der Waals surface area contributed by atoms with E-state index in [4.69, 9.17) is 5.73 Å². The number of aliphatic hydroxyl groups is 1. The van der Waals surface area contributed by atoms with Gasteiger partial charge in [-0.25, -0.2) is 0 Å². The number of piperidine rings is 1. The van der Waals surface area contributed by atoms with Gasteiger partial charge in [-0.3, -0.25) is 4.79 Å². The van der Waals surface area contributed by atoms with Gasteiger partial charge in [-0.1, -0.05) is 19.1 Å². The molecular weight excluding hydrogens is 264 g/mol. The van der Waals surface area contributed by atoms with Crippen molar-refractivity contribution >= 4 is 11.6 Å². The molecule has 4 nitrogen and oxygen atoms in total. The van der Waals surface area contributed by atoms with Gasteiger partial charge in [0.05, 0.1) is 6.10 Å². The number of amides is 1. The van der Waals surface area contributed by atoms with Gasteiger partial charge in [0.25, 0.3) is 0 Å². The number of aliphatic hydroxyl groups excluding tert-OH is 1. The highest BCUT2D eigenvalue weighted by Crippen LogP contribution is 2.37. The van der Waals surface area contributed by atoms with Gasteiger partial charge < -0.3 is 15.7 Å². The number of hydrogen-bond donors (Lipinski definition) is 2. The number of nitrogens with zero attached hydrogens (tertiary/aromatic N) is 1. The van der Waals surface area contributed by atoms with E-state index in [0.717, 1.165) is 36.9 Å². The smallest absolute Gasteiger partial charge is 0.223 e. The number of fused-ring (bicyclic) bond motifs is 2. The molecule has 2 fully saturated rings. The maximum absolute atomic E-state index is 12.6. The molecule has 2 heterocycles. The standard InChI is InChI=1S/C17H24N2O2/c1-11(12-2-4-13(18)5-3-12)8-17(21)19-14-6-7-15(19)10-16(20)9-14/h2-5,11,14-16,20H,6-10,18H2,1H3. The van der Waals surface area contributed by atoms with Gasteiger partial charge in [-0.05, 0) is 49.3 Å². The van der Waals surface area contributed by atoms with Crippen LogP contribution in [0.1, 0.15) is 50.5 Å². The normalized spacial score (nSPS) is 29.4. The van der Waals surface area contributed by atoms with E-state index >= 15 is 0 Å². The van der Waals surface area contributed by atoms with Gasteiger partial charge in [-0.15, -0.1) is 0 Å². The van der Waals surface area contributed by atoms with Crippen molar-refractivity contribution in [2.24, 2.45) is 0 Å². The molecule has 0 aromatic heterocycles. The van der Waals surface area contributed by atoms with Crippen LogP contribution in [0.25, 0.3) is 0 Å². The highest BCUT2D eigenvalue weighted by Gasteiger charge is 2.42. The number of rotatable bonds is 3. The van der Waals surface area contributed by atoms with Crippen LogP contribution in [0.15, 0.2) is 24.3 Å². The van der Waals surface area contributed by atoms with Crippen LogP contribution in [0.4, 0.5) is 5.69 Å². The Morgan fingerprint density at radius 3 is 2.43 bits per heavy atom. The van der Waals surface area contributed by atoms with Crippen LogP contribution in [-0.4, -0.2) is 34.1 Å². The van der Waals surface area contributed by atoms with E-state index in [0.29, 0.717) is 6.42 Å². The third-order valence-electron chi connectivity index (χ3n) is 4.98. The summed E-state index contributed by atoms with van der Waals surface area (Å²) >= 11 is 0. The summed E-state index contributed by atoms with van der Waals surface area (Å²) in [5.41, 5.74) is 7.61. The van der Waals surface area contributed by atoms with Gasteiger partial charge >= 0.3 is 0 Å². The van der Waals surface area contributed by atoms with Crippen LogP contribution < -0.4 is 5.73 Å². The van der Waals surface area contributed by atoms with Crippen LogP contribution in [0.2, 0.25) is 0 Å². The summed E-state index contributed by atoms with van der Waals surface area (Å²) in [5, 5.41) is 9.83. The van der Waals surface area contributed by atoms with Crippen LogP contribution in [0, 0.1) is 0 Å². The molecule has 0 saturated carbocycles. The topological polar surface area (TPSA) is 66.6 Å². The Hall–Kier alpha value is -1.55. The average Bonchev–Trinajstić information content (AvgIpc) is 2.72. The lowest BCUT2D eigenvalue weighted by atomic mass is 9.94. The molecule has 4 heteroatoms. The molecule has 2 aliphatic heterocycles. The van der Waals surface area contributed by atoms with E-state index in [2.05, 4.69) is 11.8 Å². The van der Waals surface area contributed by atoms with E-state index in [-0.39, 0.29) is 30.0 Å². The zero-order valence-electron chi connectivity index (χ0n) is 12.5. The molecule has 1 aromatic carbocycles. The number of anilines is 1. The molecule has 0 aliphatic carbocycles. The fourth-order valence-electron chi connectivity index (χ4n) is 3.87. The zero-order chi connectivity index (χ0) is 15.0. The number of hydrogen-bond acceptors (Lipinski definition) is 3.